The van der Waals surface area contributed by atoms with Crippen molar-refractivity contribution in [1.82, 2.24) is 15.3 Å². The maximum absolute atomic E-state index is 4.44. The lowest BCUT2D eigenvalue weighted by atomic mass is 10.1. The summed E-state index contributed by atoms with van der Waals surface area (Å²) in [4.78, 5) is 7.71. The van der Waals surface area contributed by atoms with Gasteiger partial charge in [-0.1, -0.05) is 29.8 Å². The third-order valence-corrected chi connectivity index (χ3v) is 2.88. The highest BCUT2D eigenvalue weighted by molar-refractivity contribution is 5.22. The molecule has 0 unspecified atom stereocenters. The van der Waals surface area contributed by atoms with Crippen LogP contribution in [0, 0.1) is 20.8 Å². The van der Waals surface area contributed by atoms with Crippen molar-refractivity contribution in [2.45, 2.75) is 33.9 Å². The van der Waals surface area contributed by atoms with Crippen molar-refractivity contribution < 1.29 is 0 Å². The molecule has 0 saturated heterocycles. The second-order valence-corrected chi connectivity index (χ2v) is 4.49. The van der Waals surface area contributed by atoms with E-state index in [1.165, 1.54) is 11.1 Å². The molecule has 0 saturated carbocycles. The molecule has 0 aliphatic carbocycles. The molecule has 1 heterocycles. The SMILES string of the molecule is Cc1cccc(CNCc2nc(C)c(C)[nH]2)c1. The molecule has 0 amide bonds. The number of aromatic nitrogens is 2. The highest BCUT2D eigenvalue weighted by Crippen LogP contribution is 2.05. The van der Waals surface area contributed by atoms with E-state index < -0.39 is 0 Å². The fourth-order valence-corrected chi connectivity index (χ4v) is 1.85. The topological polar surface area (TPSA) is 40.7 Å². The normalized spacial score (nSPS) is 10.8. The highest BCUT2D eigenvalue weighted by atomic mass is 15.0. The Hall–Kier alpha value is -1.61. The van der Waals surface area contributed by atoms with Gasteiger partial charge in [-0.2, -0.15) is 0 Å². The van der Waals surface area contributed by atoms with Crippen molar-refractivity contribution in [3.8, 4) is 0 Å². The van der Waals surface area contributed by atoms with E-state index in [2.05, 4.69) is 46.5 Å². The molecule has 2 aromatic rings. The van der Waals surface area contributed by atoms with Gasteiger partial charge in [0, 0.05) is 12.2 Å². The fraction of sp³-hybridized carbons (Fsp3) is 0.357. The number of H-pyrrole nitrogens is 1. The number of aryl methyl sites for hydroxylation is 3. The number of benzene rings is 1. The Bertz CT molecular complexity index is 480. The predicted octanol–water partition coefficient (Wildman–Crippen LogP) is 2.62. The Morgan fingerprint density at radius 2 is 2.00 bits per heavy atom. The lowest BCUT2D eigenvalue weighted by Gasteiger charge is -2.03. The summed E-state index contributed by atoms with van der Waals surface area (Å²) < 4.78 is 0. The van der Waals surface area contributed by atoms with Crippen molar-refractivity contribution in [1.29, 1.82) is 0 Å². The standard InChI is InChI=1S/C14H19N3/c1-10-5-4-6-13(7-10)8-15-9-14-16-11(2)12(3)17-14/h4-7,15H,8-9H2,1-3H3,(H,16,17). The lowest BCUT2D eigenvalue weighted by Crippen LogP contribution is -2.13. The Morgan fingerprint density at radius 1 is 1.18 bits per heavy atom. The van der Waals surface area contributed by atoms with Gasteiger partial charge in [-0.15, -0.1) is 0 Å². The van der Waals surface area contributed by atoms with E-state index in [0.29, 0.717) is 0 Å². The van der Waals surface area contributed by atoms with Gasteiger partial charge in [0.05, 0.1) is 12.2 Å². The Labute approximate surface area is 102 Å². The van der Waals surface area contributed by atoms with E-state index in [9.17, 15) is 0 Å². The molecule has 1 aromatic heterocycles. The molecule has 0 spiro atoms. The van der Waals surface area contributed by atoms with Gasteiger partial charge >= 0.3 is 0 Å². The summed E-state index contributed by atoms with van der Waals surface area (Å²) in [5.74, 6) is 1.01. The number of hydrogen-bond acceptors (Lipinski definition) is 2. The zero-order chi connectivity index (χ0) is 12.3. The van der Waals surface area contributed by atoms with Crippen molar-refractivity contribution in [3.63, 3.8) is 0 Å². The third-order valence-electron chi connectivity index (χ3n) is 2.88. The number of nitrogens with one attached hydrogen (secondary N) is 2. The van der Waals surface area contributed by atoms with Crippen LogP contribution in [0.4, 0.5) is 0 Å². The second-order valence-electron chi connectivity index (χ2n) is 4.49. The molecule has 0 radical (unpaired) electrons. The lowest BCUT2D eigenvalue weighted by molar-refractivity contribution is 0.667. The molecule has 2 N–H and O–H groups in total. The summed E-state index contributed by atoms with van der Waals surface area (Å²) in [7, 11) is 0. The molecule has 0 aliphatic rings. The van der Waals surface area contributed by atoms with Crippen LogP contribution in [-0.4, -0.2) is 9.97 Å². The zero-order valence-electron chi connectivity index (χ0n) is 10.7. The van der Waals surface area contributed by atoms with E-state index >= 15 is 0 Å². The molecule has 2 rings (SSSR count). The first-order valence-corrected chi connectivity index (χ1v) is 5.93. The highest BCUT2D eigenvalue weighted by Gasteiger charge is 2.01. The van der Waals surface area contributed by atoms with Gasteiger partial charge in [-0.25, -0.2) is 4.98 Å². The molecule has 0 aliphatic heterocycles. The average Bonchev–Trinajstić information content (AvgIpc) is 2.58. The largest absolute Gasteiger partial charge is 0.345 e. The number of aromatic amines is 1. The monoisotopic (exact) mass is 229 g/mol. The van der Waals surface area contributed by atoms with E-state index in [-0.39, 0.29) is 0 Å². The van der Waals surface area contributed by atoms with Gasteiger partial charge < -0.3 is 10.3 Å². The van der Waals surface area contributed by atoms with Gasteiger partial charge in [-0.3, -0.25) is 0 Å². The summed E-state index contributed by atoms with van der Waals surface area (Å²) in [6, 6.07) is 8.54. The number of nitrogens with zero attached hydrogens (tertiary/aromatic N) is 1. The molecule has 0 atom stereocenters. The van der Waals surface area contributed by atoms with Crippen LogP contribution in [0.2, 0.25) is 0 Å². The summed E-state index contributed by atoms with van der Waals surface area (Å²) >= 11 is 0. The van der Waals surface area contributed by atoms with Gasteiger partial charge in [-0.05, 0) is 26.3 Å². The van der Waals surface area contributed by atoms with Crippen molar-refractivity contribution in [2.75, 3.05) is 0 Å². The first-order valence-electron chi connectivity index (χ1n) is 5.93. The minimum Gasteiger partial charge on any atom is -0.345 e. The number of hydrogen-bond donors (Lipinski definition) is 2. The van der Waals surface area contributed by atoms with Crippen molar-refractivity contribution in [3.05, 3.63) is 52.6 Å². The summed E-state index contributed by atoms with van der Waals surface area (Å²) in [5.41, 5.74) is 4.84. The van der Waals surface area contributed by atoms with Crippen LogP contribution >= 0.6 is 0 Å². The zero-order valence-corrected chi connectivity index (χ0v) is 10.7. The number of rotatable bonds is 4. The van der Waals surface area contributed by atoms with Gasteiger partial charge in [0.25, 0.3) is 0 Å². The van der Waals surface area contributed by atoms with Crippen LogP contribution in [0.15, 0.2) is 24.3 Å². The van der Waals surface area contributed by atoms with E-state index in [1.54, 1.807) is 0 Å². The molecule has 17 heavy (non-hydrogen) atoms. The van der Waals surface area contributed by atoms with Crippen LogP contribution in [0.5, 0.6) is 0 Å². The molecular weight excluding hydrogens is 210 g/mol. The van der Waals surface area contributed by atoms with Crippen LogP contribution < -0.4 is 5.32 Å². The maximum Gasteiger partial charge on any atom is 0.120 e. The average molecular weight is 229 g/mol. The molecule has 3 heteroatoms. The smallest absolute Gasteiger partial charge is 0.120 e. The molecule has 0 fully saturated rings. The van der Waals surface area contributed by atoms with Crippen LogP contribution in [0.3, 0.4) is 0 Å². The summed E-state index contributed by atoms with van der Waals surface area (Å²) in [6.45, 7) is 7.84. The first-order chi connectivity index (χ1) is 8.15. The Morgan fingerprint density at radius 3 is 2.65 bits per heavy atom. The predicted molar refractivity (Wildman–Crippen MR) is 69.8 cm³/mol. The molecule has 1 aromatic carbocycles. The van der Waals surface area contributed by atoms with Crippen LogP contribution in [-0.2, 0) is 13.1 Å². The summed E-state index contributed by atoms with van der Waals surface area (Å²) in [5, 5.41) is 3.39. The Balaban J connectivity index is 1.87. The first kappa shape index (κ1) is 11.9. The molecule has 3 nitrogen and oxygen atoms in total. The van der Waals surface area contributed by atoms with Crippen LogP contribution in [0.25, 0.3) is 0 Å². The van der Waals surface area contributed by atoms with Gasteiger partial charge in [0.2, 0.25) is 0 Å². The van der Waals surface area contributed by atoms with E-state index in [4.69, 9.17) is 0 Å². The second kappa shape index (κ2) is 5.15. The minimum absolute atomic E-state index is 0.780. The van der Waals surface area contributed by atoms with Crippen molar-refractivity contribution in [2.24, 2.45) is 0 Å². The molecule has 90 valence electrons. The molecule has 0 bridgehead atoms. The van der Waals surface area contributed by atoms with Gasteiger partial charge in [0.1, 0.15) is 5.82 Å². The quantitative estimate of drug-likeness (QED) is 0.846. The van der Waals surface area contributed by atoms with E-state index in [1.807, 2.05) is 13.8 Å². The minimum atomic E-state index is 0.780. The van der Waals surface area contributed by atoms with Gasteiger partial charge in [0.15, 0.2) is 0 Å². The van der Waals surface area contributed by atoms with E-state index in [0.717, 1.165) is 30.3 Å². The fourth-order valence-electron chi connectivity index (χ4n) is 1.85. The van der Waals surface area contributed by atoms with Crippen molar-refractivity contribution >= 4 is 0 Å². The Kier molecular flexibility index (Phi) is 3.59. The molecular formula is C14H19N3. The third kappa shape index (κ3) is 3.17. The summed E-state index contributed by atoms with van der Waals surface area (Å²) in [6.07, 6.45) is 0. The van der Waals surface area contributed by atoms with Crippen LogP contribution in [0.1, 0.15) is 28.3 Å². The maximum atomic E-state index is 4.44. The number of imidazole rings is 1.